The topological polar surface area (TPSA) is 35.2 Å². The Bertz CT molecular complexity index is 400. The molecule has 0 aliphatic carbocycles. The third kappa shape index (κ3) is 3.05. The lowest BCUT2D eigenvalue weighted by Crippen LogP contribution is -2.17. The van der Waals surface area contributed by atoms with Crippen molar-refractivity contribution < 1.29 is 4.74 Å². The molecule has 0 aliphatic heterocycles. The fourth-order valence-electron chi connectivity index (χ4n) is 2.41. The van der Waals surface area contributed by atoms with Crippen LogP contribution < -0.4 is 10.5 Å². The Morgan fingerprint density at radius 1 is 1.28 bits per heavy atom. The molecule has 0 bridgehead atoms. The number of nitrogens with two attached hydrogens (primary N) is 1. The fraction of sp³-hybridized carbons (Fsp3) is 0.625. The minimum absolute atomic E-state index is 0.0840. The monoisotopic (exact) mass is 249 g/mol. The predicted octanol–water partition coefficient (Wildman–Crippen LogP) is 3.75. The van der Waals surface area contributed by atoms with E-state index in [1.807, 2.05) is 0 Å². The van der Waals surface area contributed by atoms with Gasteiger partial charge >= 0.3 is 0 Å². The second-order valence-corrected chi connectivity index (χ2v) is 6.00. The van der Waals surface area contributed by atoms with E-state index in [4.69, 9.17) is 10.5 Å². The van der Waals surface area contributed by atoms with Crippen LogP contribution in [-0.4, -0.2) is 13.7 Å². The quantitative estimate of drug-likeness (QED) is 0.882. The van der Waals surface area contributed by atoms with Crippen LogP contribution in [0, 0.1) is 6.92 Å². The summed E-state index contributed by atoms with van der Waals surface area (Å²) in [5.74, 6) is 1.42. The van der Waals surface area contributed by atoms with Crippen molar-refractivity contribution in [1.82, 2.24) is 0 Å². The summed E-state index contributed by atoms with van der Waals surface area (Å²) in [6, 6.07) is 4.43. The summed E-state index contributed by atoms with van der Waals surface area (Å²) in [6.45, 7) is 11.7. The molecule has 0 heterocycles. The molecule has 0 radical (unpaired) electrons. The number of hydrogen-bond acceptors (Lipinski definition) is 2. The first-order valence-corrected chi connectivity index (χ1v) is 6.74. The van der Waals surface area contributed by atoms with Crippen LogP contribution >= 0.6 is 0 Å². The zero-order valence-corrected chi connectivity index (χ0v) is 12.6. The van der Waals surface area contributed by atoms with Crippen LogP contribution in [0.4, 0.5) is 0 Å². The van der Waals surface area contributed by atoms with Crippen LogP contribution in [-0.2, 0) is 5.41 Å². The van der Waals surface area contributed by atoms with Crippen molar-refractivity contribution in [3.63, 3.8) is 0 Å². The molecule has 2 heteroatoms. The predicted molar refractivity (Wildman–Crippen MR) is 78.5 cm³/mol. The van der Waals surface area contributed by atoms with E-state index in [2.05, 4.69) is 46.8 Å². The average molecular weight is 249 g/mol. The van der Waals surface area contributed by atoms with Crippen molar-refractivity contribution in [1.29, 1.82) is 0 Å². The van der Waals surface area contributed by atoms with Gasteiger partial charge in [-0.2, -0.15) is 0 Å². The van der Waals surface area contributed by atoms with Gasteiger partial charge in [-0.3, -0.25) is 0 Å². The standard InChI is InChI=1S/C16H27NO/c1-7-12(10-17)13-9-14(16(3,4)5)15(18-6)8-11(13)2/h8-9,12H,7,10,17H2,1-6H3. The first-order chi connectivity index (χ1) is 8.35. The van der Waals surface area contributed by atoms with E-state index in [1.54, 1.807) is 7.11 Å². The SMILES string of the molecule is CCC(CN)c1cc(C(C)(C)C)c(OC)cc1C. The van der Waals surface area contributed by atoms with Crippen molar-refractivity contribution in [3.05, 3.63) is 28.8 Å². The van der Waals surface area contributed by atoms with Crippen LogP contribution in [0.5, 0.6) is 5.75 Å². The molecule has 0 amide bonds. The lowest BCUT2D eigenvalue weighted by molar-refractivity contribution is 0.396. The Hall–Kier alpha value is -1.02. The Labute approximate surface area is 112 Å². The van der Waals surface area contributed by atoms with E-state index in [0.717, 1.165) is 12.2 Å². The minimum Gasteiger partial charge on any atom is -0.496 e. The highest BCUT2D eigenvalue weighted by Crippen LogP contribution is 2.36. The Morgan fingerprint density at radius 3 is 2.28 bits per heavy atom. The van der Waals surface area contributed by atoms with Crippen molar-refractivity contribution >= 4 is 0 Å². The Kier molecular flexibility index (Phi) is 4.80. The molecule has 1 aromatic carbocycles. The number of aryl methyl sites for hydroxylation is 1. The maximum Gasteiger partial charge on any atom is 0.122 e. The van der Waals surface area contributed by atoms with Gasteiger partial charge in [0.1, 0.15) is 5.75 Å². The van der Waals surface area contributed by atoms with E-state index in [0.29, 0.717) is 12.5 Å². The molecular formula is C16H27NO. The summed E-state index contributed by atoms with van der Waals surface area (Å²) in [4.78, 5) is 0. The second kappa shape index (κ2) is 5.75. The van der Waals surface area contributed by atoms with Crippen molar-refractivity contribution in [2.45, 2.75) is 52.4 Å². The van der Waals surface area contributed by atoms with Gasteiger partial charge in [-0.15, -0.1) is 0 Å². The lowest BCUT2D eigenvalue weighted by Gasteiger charge is -2.26. The van der Waals surface area contributed by atoms with Crippen molar-refractivity contribution in [2.24, 2.45) is 5.73 Å². The highest BCUT2D eigenvalue weighted by atomic mass is 16.5. The molecule has 0 aromatic heterocycles. The van der Waals surface area contributed by atoms with Crippen LogP contribution in [0.15, 0.2) is 12.1 Å². The molecule has 0 saturated heterocycles. The Morgan fingerprint density at radius 2 is 1.89 bits per heavy atom. The summed E-state index contributed by atoms with van der Waals surface area (Å²) in [7, 11) is 1.74. The maximum absolute atomic E-state index is 5.88. The smallest absolute Gasteiger partial charge is 0.122 e. The van der Waals surface area contributed by atoms with Crippen LogP contribution in [0.2, 0.25) is 0 Å². The molecule has 1 atom stereocenters. The number of benzene rings is 1. The summed E-state index contributed by atoms with van der Waals surface area (Å²) >= 11 is 0. The molecule has 0 saturated carbocycles. The molecule has 1 aromatic rings. The van der Waals surface area contributed by atoms with Gasteiger partial charge in [0.15, 0.2) is 0 Å². The van der Waals surface area contributed by atoms with Gasteiger partial charge in [0, 0.05) is 0 Å². The minimum atomic E-state index is 0.0840. The first kappa shape index (κ1) is 15.0. The summed E-state index contributed by atoms with van der Waals surface area (Å²) in [5.41, 5.74) is 9.87. The van der Waals surface area contributed by atoms with E-state index >= 15 is 0 Å². The highest BCUT2D eigenvalue weighted by molar-refractivity contribution is 5.47. The first-order valence-electron chi connectivity index (χ1n) is 6.74. The van der Waals surface area contributed by atoms with Gasteiger partial charge in [0.2, 0.25) is 0 Å². The number of hydrogen-bond donors (Lipinski definition) is 1. The molecule has 102 valence electrons. The molecule has 0 fully saturated rings. The molecule has 0 aliphatic rings. The van der Waals surface area contributed by atoms with Gasteiger partial charge in [-0.25, -0.2) is 0 Å². The van der Waals surface area contributed by atoms with Crippen molar-refractivity contribution in [3.8, 4) is 5.75 Å². The molecule has 1 unspecified atom stereocenters. The molecule has 0 spiro atoms. The van der Waals surface area contributed by atoms with E-state index in [9.17, 15) is 0 Å². The average Bonchev–Trinajstić information content (AvgIpc) is 2.30. The maximum atomic E-state index is 5.88. The molecule has 2 nitrogen and oxygen atoms in total. The van der Waals surface area contributed by atoms with Crippen molar-refractivity contribution in [2.75, 3.05) is 13.7 Å². The van der Waals surface area contributed by atoms with Gasteiger partial charge < -0.3 is 10.5 Å². The van der Waals surface area contributed by atoms with E-state index < -0.39 is 0 Å². The Balaban J connectivity index is 3.38. The third-order valence-electron chi connectivity index (χ3n) is 3.61. The van der Waals surface area contributed by atoms with Crippen LogP contribution in [0.3, 0.4) is 0 Å². The van der Waals surface area contributed by atoms with E-state index in [1.165, 1.54) is 16.7 Å². The second-order valence-electron chi connectivity index (χ2n) is 6.00. The lowest BCUT2D eigenvalue weighted by atomic mass is 9.81. The third-order valence-corrected chi connectivity index (χ3v) is 3.61. The summed E-state index contributed by atoms with van der Waals surface area (Å²) in [6.07, 6.45) is 1.08. The number of rotatable bonds is 4. The van der Waals surface area contributed by atoms with Crippen LogP contribution in [0.1, 0.15) is 56.7 Å². The van der Waals surface area contributed by atoms with Crippen LogP contribution in [0.25, 0.3) is 0 Å². The van der Waals surface area contributed by atoms with E-state index in [-0.39, 0.29) is 5.41 Å². The van der Waals surface area contributed by atoms with Gasteiger partial charge in [-0.05, 0) is 54.0 Å². The normalized spacial score (nSPS) is 13.5. The number of ether oxygens (including phenoxy) is 1. The molecule has 1 rings (SSSR count). The molecule has 2 N–H and O–H groups in total. The zero-order valence-electron chi connectivity index (χ0n) is 12.6. The molecule has 18 heavy (non-hydrogen) atoms. The van der Waals surface area contributed by atoms with Gasteiger partial charge in [0.05, 0.1) is 7.11 Å². The summed E-state index contributed by atoms with van der Waals surface area (Å²) < 4.78 is 5.52. The largest absolute Gasteiger partial charge is 0.496 e. The highest BCUT2D eigenvalue weighted by Gasteiger charge is 2.22. The number of methoxy groups -OCH3 is 1. The fourth-order valence-corrected chi connectivity index (χ4v) is 2.41. The molecular weight excluding hydrogens is 222 g/mol. The van der Waals surface area contributed by atoms with Gasteiger partial charge in [0.25, 0.3) is 0 Å². The summed E-state index contributed by atoms with van der Waals surface area (Å²) in [5, 5.41) is 0. The van der Waals surface area contributed by atoms with Gasteiger partial charge in [-0.1, -0.05) is 33.8 Å². The zero-order chi connectivity index (χ0) is 13.9.